The van der Waals surface area contributed by atoms with Gasteiger partial charge in [-0.1, -0.05) is 0 Å². The van der Waals surface area contributed by atoms with Crippen molar-refractivity contribution in [2.24, 2.45) is 5.92 Å². The van der Waals surface area contributed by atoms with E-state index in [2.05, 4.69) is 9.88 Å². The first-order valence-electron chi connectivity index (χ1n) is 13.0. The van der Waals surface area contributed by atoms with Crippen molar-refractivity contribution in [2.75, 3.05) is 57.9 Å². The fraction of sp³-hybridized carbons (Fsp3) is 0.593. The van der Waals surface area contributed by atoms with Crippen LogP contribution in [0.5, 0.6) is 5.75 Å². The SMILES string of the molecule is COc1ccc2ncc(C(=O)N3CCN(C(=O)C4CC4)CC3)c(N3CCC4(CCCO4)CC3)c2c1. The summed E-state index contributed by atoms with van der Waals surface area (Å²) in [4.78, 5) is 37.1. The second-order valence-electron chi connectivity index (χ2n) is 10.4. The van der Waals surface area contributed by atoms with Gasteiger partial charge in [-0.05, 0) is 56.7 Å². The number of piperidine rings is 1. The summed E-state index contributed by atoms with van der Waals surface area (Å²) in [5.74, 6) is 1.22. The highest BCUT2D eigenvalue weighted by Gasteiger charge is 2.40. The molecule has 0 bridgehead atoms. The Morgan fingerprint density at radius 1 is 1.03 bits per heavy atom. The zero-order chi connectivity index (χ0) is 24.0. The minimum absolute atomic E-state index is 0.00558. The summed E-state index contributed by atoms with van der Waals surface area (Å²) in [6.45, 7) is 4.88. The Morgan fingerprint density at radius 2 is 1.77 bits per heavy atom. The van der Waals surface area contributed by atoms with Gasteiger partial charge in [-0.2, -0.15) is 0 Å². The van der Waals surface area contributed by atoms with E-state index in [-0.39, 0.29) is 23.3 Å². The van der Waals surface area contributed by atoms with Gasteiger partial charge in [0.15, 0.2) is 0 Å². The number of benzene rings is 1. The van der Waals surface area contributed by atoms with Crippen LogP contribution in [0.1, 0.15) is 48.9 Å². The Kier molecular flexibility index (Phi) is 5.79. The van der Waals surface area contributed by atoms with E-state index in [1.165, 1.54) is 0 Å². The predicted octanol–water partition coefficient (Wildman–Crippen LogP) is 3.09. The van der Waals surface area contributed by atoms with E-state index in [0.29, 0.717) is 31.7 Å². The molecule has 2 aromatic rings. The Bertz CT molecular complexity index is 1120. The van der Waals surface area contributed by atoms with E-state index in [1.807, 2.05) is 28.0 Å². The fourth-order valence-electron chi connectivity index (χ4n) is 5.96. The minimum atomic E-state index is -0.00635. The Hall–Kier alpha value is -2.87. The first-order chi connectivity index (χ1) is 17.1. The molecule has 35 heavy (non-hydrogen) atoms. The quantitative estimate of drug-likeness (QED) is 0.672. The van der Waals surface area contributed by atoms with Crippen molar-refractivity contribution in [3.63, 3.8) is 0 Å². The average Bonchev–Trinajstić information content (AvgIpc) is 3.67. The number of amides is 2. The number of carbonyl (C=O) groups is 2. The number of hydrogen-bond acceptors (Lipinski definition) is 6. The highest BCUT2D eigenvalue weighted by atomic mass is 16.5. The summed E-state index contributed by atoms with van der Waals surface area (Å²) < 4.78 is 11.7. The maximum absolute atomic E-state index is 13.8. The molecule has 6 rings (SSSR count). The van der Waals surface area contributed by atoms with Crippen molar-refractivity contribution in [1.82, 2.24) is 14.8 Å². The number of hydrogen-bond donors (Lipinski definition) is 0. The normalized spacial score (nSPS) is 22.1. The van der Waals surface area contributed by atoms with Crippen molar-refractivity contribution in [2.45, 2.75) is 44.1 Å². The molecule has 1 aliphatic carbocycles. The standard InChI is InChI=1S/C27H34N4O4/c1-34-20-5-6-23-21(17-20)24(29-10-8-27(9-11-29)7-2-16-35-27)22(18-28-23)26(33)31-14-12-30(13-15-31)25(32)19-3-4-19/h5-6,17-19H,2-4,7-16H2,1H3. The molecular weight excluding hydrogens is 444 g/mol. The zero-order valence-corrected chi connectivity index (χ0v) is 20.5. The van der Waals surface area contributed by atoms with Gasteiger partial charge in [-0.3, -0.25) is 14.6 Å². The molecule has 186 valence electrons. The molecule has 8 nitrogen and oxygen atoms in total. The van der Waals surface area contributed by atoms with Gasteiger partial charge < -0.3 is 24.2 Å². The first-order valence-corrected chi connectivity index (χ1v) is 13.0. The number of methoxy groups -OCH3 is 1. The van der Waals surface area contributed by atoms with Crippen molar-refractivity contribution >= 4 is 28.4 Å². The van der Waals surface area contributed by atoms with E-state index < -0.39 is 0 Å². The number of carbonyl (C=O) groups excluding carboxylic acids is 2. The molecule has 1 spiro atoms. The van der Waals surface area contributed by atoms with Gasteiger partial charge in [0.2, 0.25) is 5.91 Å². The van der Waals surface area contributed by atoms with Crippen molar-refractivity contribution in [1.29, 1.82) is 0 Å². The largest absolute Gasteiger partial charge is 0.497 e. The van der Waals surface area contributed by atoms with Crippen LogP contribution >= 0.6 is 0 Å². The van der Waals surface area contributed by atoms with Crippen molar-refractivity contribution < 1.29 is 19.1 Å². The molecule has 0 N–H and O–H groups in total. The summed E-state index contributed by atoms with van der Waals surface area (Å²) in [5.41, 5.74) is 2.44. The minimum Gasteiger partial charge on any atom is -0.497 e. The van der Waals surface area contributed by atoms with E-state index in [1.54, 1.807) is 13.3 Å². The number of anilines is 1. The molecule has 3 aliphatic heterocycles. The second kappa shape index (κ2) is 8.97. The molecule has 0 atom stereocenters. The van der Waals surface area contributed by atoms with Gasteiger partial charge in [-0.25, -0.2) is 0 Å². The third kappa shape index (κ3) is 4.22. The van der Waals surface area contributed by atoms with E-state index in [4.69, 9.17) is 9.47 Å². The lowest BCUT2D eigenvalue weighted by Crippen LogP contribution is -2.51. The molecule has 1 aromatic carbocycles. The van der Waals surface area contributed by atoms with Gasteiger partial charge in [-0.15, -0.1) is 0 Å². The lowest BCUT2D eigenvalue weighted by atomic mass is 9.88. The van der Waals surface area contributed by atoms with Crippen LogP contribution in [0.4, 0.5) is 5.69 Å². The highest BCUT2D eigenvalue weighted by Crippen LogP contribution is 2.40. The van der Waals surface area contributed by atoms with Crippen molar-refractivity contribution in [3.8, 4) is 5.75 Å². The molecule has 4 heterocycles. The van der Waals surface area contributed by atoms with Gasteiger partial charge in [0.1, 0.15) is 5.75 Å². The zero-order valence-electron chi connectivity index (χ0n) is 20.5. The van der Waals surface area contributed by atoms with Crippen LogP contribution in [0.2, 0.25) is 0 Å². The molecule has 4 fully saturated rings. The number of ether oxygens (including phenoxy) is 2. The molecule has 4 aliphatic rings. The van der Waals surface area contributed by atoms with Gasteiger partial charge in [0, 0.05) is 63.4 Å². The molecule has 1 aromatic heterocycles. The Labute approximate surface area is 206 Å². The molecule has 0 unspecified atom stereocenters. The van der Waals surface area contributed by atoms with Crippen LogP contribution in [0.25, 0.3) is 10.9 Å². The number of aromatic nitrogens is 1. The lowest BCUT2D eigenvalue weighted by Gasteiger charge is -2.41. The molecule has 0 radical (unpaired) electrons. The predicted molar refractivity (Wildman–Crippen MR) is 133 cm³/mol. The summed E-state index contributed by atoms with van der Waals surface area (Å²) in [6, 6.07) is 5.87. The van der Waals surface area contributed by atoms with Crippen LogP contribution in [0, 0.1) is 5.92 Å². The third-order valence-corrected chi connectivity index (χ3v) is 8.26. The number of fused-ring (bicyclic) bond motifs is 1. The highest BCUT2D eigenvalue weighted by molar-refractivity contribution is 6.07. The van der Waals surface area contributed by atoms with Crippen LogP contribution in [-0.2, 0) is 9.53 Å². The van der Waals surface area contributed by atoms with Gasteiger partial charge in [0.05, 0.1) is 29.5 Å². The number of nitrogens with zero attached hydrogens (tertiary/aromatic N) is 4. The van der Waals surface area contributed by atoms with E-state index in [0.717, 1.165) is 80.6 Å². The second-order valence-corrected chi connectivity index (χ2v) is 10.4. The molecule has 2 amide bonds. The summed E-state index contributed by atoms with van der Waals surface area (Å²) in [6.07, 6.45) is 7.96. The monoisotopic (exact) mass is 478 g/mol. The third-order valence-electron chi connectivity index (χ3n) is 8.26. The van der Waals surface area contributed by atoms with Crippen LogP contribution in [0.3, 0.4) is 0 Å². The number of piperazine rings is 1. The smallest absolute Gasteiger partial charge is 0.257 e. The summed E-state index contributed by atoms with van der Waals surface area (Å²) in [5, 5.41) is 0.945. The molecule has 3 saturated heterocycles. The Balaban J connectivity index is 1.29. The van der Waals surface area contributed by atoms with Gasteiger partial charge >= 0.3 is 0 Å². The molecular formula is C27H34N4O4. The lowest BCUT2D eigenvalue weighted by molar-refractivity contribution is -0.134. The number of rotatable bonds is 4. The maximum Gasteiger partial charge on any atom is 0.257 e. The van der Waals surface area contributed by atoms with Crippen LogP contribution in [0.15, 0.2) is 24.4 Å². The van der Waals surface area contributed by atoms with E-state index in [9.17, 15) is 9.59 Å². The average molecular weight is 479 g/mol. The van der Waals surface area contributed by atoms with Crippen LogP contribution in [-0.4, -0.2) is 85.2 Å². The maximum atomic E-state index is 13.8. The Morgan fingerprint density at radius 3 is 2.43 bits per heavy atom. The number of pyridine rings is 1. The topological polar surface area (TPSA) is 75.2 Å². The first kappa shape index (κ1) is 22.6. The van der Waals surface area contributed by atoms with Crippen molar-refractivity contribution in [3.05, 3.63) is 30.0 Å². The molecule has 1 saturated carbocycles. The summed E-state index contributed by atoms with van der Waals surface area (Å²) in [7, 11) is 1.66. The van der Waals surface area contributed by atoms with Crippen LogP contribution < -0.4 is 9.64 Å². The van der Waals surface area contributed by atoms with E-state index >= 15 is 0 Å². The summed E-state index contributed by atoms with van der Waals surface area (Å²) >= 11 is 0. The van der Waals surface area contributed by atoms with Gasteiger partial charge in [0.25, 0.3) is 5.91 Å². The fourth-order valence-corrected chi connectivity index (χ4v) is 5.96. The molecule has 8 heteroatoms.